The molecule has 0 radical (unpaired) electrons. The van der Waals surface area contributed by atoms with Crippen molar-refractivity contribution in [2.45, 2.75) is 25.2 Å². The topological polar surface area (TPSA) is 124 Å². The van der Waals surface area contributed by atoms with Crippen molar-refractivity contribution in [2.24, 2.45) is 10.8 Å². The minimum atomic E-state index is -2.13. The normalized spacial score (nSPS) is 26.0. The summed E-state index contributed by atoms with van der Waals surface area (Å²) in [5.74, 6) is -3.57. The molecule has 2 aliphatic rings. The highest BCUT2D eigenvalue weighted by Gasteiger charge is 2.75. The van der Waals surface area contributed by atoms with Gasteiger partial charge in [0.2, 0.25) is 0 Å². The van der Waals surface area contributed by atoms with Gasteiger partial charge in [-0.1, -0.05) is 72.8 Å². The fourth-order valence-electron chi connectivity index (χ4n) is 6.85. The minimum Gasteiger partial charge on any atom is -0.480 e. The molecule has 9 nitrogen and oxygen atoms in total. The highest BCUT2D eigenvalue weighted by atomic mass is 16.4. The second-order valence-electron chi connectivity index (χ2n) is 11.0. The SMILES string of the molecule is O=C(O)C12CN(Cc3ccccc3)CC(C(=O)O)(C1=O)C(c1ccccn1)N(Cc1ccccc1)C2c1ccccn1. The average Bonchev–Trinajstić information content (AvgIpc) is 3.00. The van der Waals surface area contributed by atoms with Crippen molar-refractivity contribution >= 4 is 17.7 Å². The lowest BCUT2D eigenvalue weighted by atomic mass is 9.54. The van der Waals surface area contributed by atoms with Crippen LogP contribution in [0.3, 0.4) is 0 Å². The van der Waals surface area contributed by atoms with Gasteiger partial charge < -0.3 is 10.2 Å². The Morgan fingerprint density at radius 1 is 0.667 bits per heavy atom. The zero-order valence-electron chi connectivity index (χ0n) is 22.8. The monoisotopic (exact) mass is 562 g/mol. The predicted molar refractivity (Wildman–Crippen MR) is 153 cm³/mol. The molecule has 2 saturated heterocycles. The smallest absolute Gasteiger partial charge is 0.320 e. The Balaban J connectivity index is 1.64. The molecule has 212 valence electrons. The van der Waals surface area contributed by atoms with Gasteiger partial charge in [-0.05, 0) is 35.4 Å². The fourth-order valence-corrected chi connectivity index (χ4v) is 6.85. The van der Waals surface area contributed by atoms with Crippen molar-refractivity contribution in [1.82, 2.24) is 19.8 Å². The number of nitrogens with zero attached hydrogens (tertiary/aromatic N) is 4. The van der Waals surface area contributed by atoms with Gasteiger partial charge in [-0.2, -0.15) is 0 Å². The van der Waals surface area contributed by atoms with Crippen molar-refractivity contribution in [3.05, 3.63) is 132 Å². The first-order valence-corrected chi connectivity index (χ1v) is 13.8. The molecule has 2 N–H and O–H groups in total. The maximum atomic E-state index is 14.8. The number of aliphatic carboxylic acids is 2. The Hall–Kier alpha value is -4.73. The van der Waals surface area contributed by atoms with Crippen LogP contribution in [0.4, 0.5) is 0 Å². The third kappa shape index (κ3) is 4.38. The van der Waals surface area contributed by atoms with Crippen molar-refractivity contribution in [1.29, 1.82) is 0 Å². The molecule has 4 unspecified atom stereocenters. The van der Waals surface area contributed by atoms with Crippen LogP contribution in [0.2, 0.25) is 0 Å². The molecule has 2 aliphatic heterocycles. The third-order valence-electron chi connectivity index (χ3n) is 8.51. The summed E-state index contributed by atoms with van der Waals surface area (Å²) in [6.45, 7) is 0.110. The molecular weight excluding hydrogens is 532 g/mol. The molecule has 9 heteroatoms. The lowest BCUT2D eigenvalue weighted by Crippen LogP contribution is -2.75. The fraction of sp³-hybridized carbons (Fsp3) is 0.242. The molecule has 4 aromatic rings. The summed E-state index contributed by atoms with van der Waals surface area (Å²) in [4.78, 5) is 54.7. The summed E-state index contributed by atoms with van der Waals surface area (Å²) in [6.07, 6.45) is 3.13. The molecule has 2 aromatic heterocycles. The van der Waals surface area contributed by atoms with Crippen LogP contribution in [0, 0.1) is 10.8 Å². The summed E-state index contributed by atoms with van der Waals surface area (Å²) in [5, 5.41) is 22.1. The van der Waals surface area contributed by atoms with Crippen molar-refractivity contribution in [3.63, 3.8) is 0 Å². The van der Waals surface area contributed by atoms with E-state index in [2.05, 4.69) is 9.97 Å². The molecule has 0 amide bonds. The number of carboxylic acid groups (broad SMARTS) is 2. The van der Waals surface area contributed by atoms with Crippen molar-refractivity contribution in [2.75, 3.05) is 13.1 Å². The quantitative estimate of drug-likeness (QED) is 0.307. The summed E-state index contributed by atoms with van der Waals surface area (Å²) in [6, 6.07) is 27.1. The standard InChI is InChI=1S/C33H30N4O5/c38-29-32(30(39)40)21-36(19-23-11-3-1-4-12-23)22-33(29,31(41)42)28(26-16-8-10-18-35-26)37(20-24-13-5-2-6-14-24)27(32)25-15-7-9-17-34-25/h1-18,27-28H,19-22H2,(H,39,40)(H,41,42). The molecule has 4 heterocycles. The predicted octanol–water partition coefficient (Wildman–Crippen LogP) is 4.00. The van der Waals surface area contributed by atoms with Crippen LogP contribution in [0.1, 0.15) is 34.6 Å². The number of hydrogen-bond acceptors (Lipinski definition) is 7. The molecule has 4 atom stereocenters. The molecule has 0 saturated carbocycles. The average molecular weight is 563 g/mol. The van der Waals surface area contributed by atoms with Gasteiger partial charge in [0.25, 0.3) is 0 Å². The molecule has 0 spiro atoms. The van der Waals surface area contributed by atoms with E-state index in [0.717, 1.165) is 11.1 Å². The van der Waals surface area contributed by atoms with Crippen LogP contribution in [0.25, 0.3) is 0 Å². The van der Waals surface area contributed by atoms with Gasteiger partial charge in [0.1, 0.15) is 0 Å². The van der Waals surface area contributed by atoms with Crippen LogP contribution in [-0.2, 0) is 27.5 Å². The van der Waals surface area contributed by atoms with Gasteiger partial charge in [-0.3, -0.25) is 34.2 Å². The van der Waals surface area contributed by atoms with E-state index < -0.39 is 40.6 Å². The van der Waals surface area contributed by atoms with Crippen LogP contribution >= 0.6 is 0 Å². The van der Waals surface area contributed by atoms with E-state index in [4.69, 9.17) is 0 Å². The number of carbonyl (C=O) groups excluding carboxylic acids is 1. The number of carboxylic acids is 2. The highest BCUT2D eigenvalue weighted by molar-refractivity contribution is 6.17. The summed E-state index contributed by atoms with van der Waals surface area (Å²) < 4.78 is 0. The number of likely N-dealkylation sites (tertiary alicyclic amines) is 2. The number of ketones is 1. The number of pyridine rings is 2. The maximum absolute atomic E-state index is 14.8. The van der Waals surface area contributed by atoms with E-state index >= 15 is 0 Å². The summed E-state index contributed by atoms with van der Waals surface area (Å²) in [5.41, 5.74) is -1.76. The molecule has 42 heavy (non-hydrogen) atoms. The van der Waals surface area contributed by atoms with Crippen LogP contribution in [0.5, 0.6) is 0 Å². The first-order chi connectivity index (χ1) is 20.4. The first-order valence-electron chi connectivity index (χ1n) is 13.8. The Kier molecular flexibility index (Phi) is 7.14. The molecular formula is C33H30N4O5. The van der Waals surface area contributed by atoms with Gasteiger partial charge in [0.05, 0.1) is 23.5 Å². The highest BCUT2D eigenvalue weighted by Crippen LogP contribution is 2.60. The third-order valence-corrected chi connectivity index (χ3v) is 8.51. The Bertz CT molecular complexity index is 1510. The second-order valence-corrected chi connectivity index (χ2v) is 11.0. The number of piperidine rings is 2. The molecule has 2 fully saturated rings. The van der Waals surface area contributed by atoms with E-state index in [1.807, 2.05) is 65.6 Å². The lowest BCUT2D eigenvalue weighted by Gasteiger charge is -2.61. The van der Waals surface area contributed by atoms with E-state index in [9.17, 15) is 24.6 Å². The van der Waals surface area contributed by atoms with E-state index in [-0.39, 0.29) is 26.2 Å². The number of hydrogen-bond donors (Lipinski definition) is 2. The van der Waals surface area contributed by atoms with E-state index in [1.165, 1.54) is 0 Å². The zero-order chi connectivity index (χ0) is 29.3. The first kappa shape index (κ1) is 27.4. The van der Waals surface area contributed by atoms with Crippen LogP contribution < -0.4 is 0 Å². The number of Topliss-reactive ketones (excluding diaryl/α,β-unsaturated/α-hetero) is 1. The van der Waals surface area contributed by atoms with Gasteiger partial charge in [0.15, 0.2) is 16.6 Å². The van der Waals surface area contributed by atoms with E-state index in [0.29, 0.717) is 11.4 Å². The summed E-state index contributed by atoms with van der Waals surface area (Å²) in [7, 11) is 0. The number of aromatic nitrogens is 2. The van der Waals surface area contributed by atoms with Crippen LogP contribution in [-0.4, -0.2) is 60.8 Å². The van der Waals surface area contributed by atoms with Gasteiger partial charge in [-0.25, -0.2) is 0 Å². The Labute approximate surface area is 243 Å². The second kappa shape index (κ2) is 10.9. The van der Waals surface area contributed by atoms with Crippen molar-refractivity contribution in [3.8, 4) is 0 Å². The molecule has 2 aromatic carbocycles. The van der Waals surface area contributed by atoms with E-state index in [1.54, 1.807) is 53.7 Å². The Morgan fingerprint density at radius 3 is 1.50 bits per heavy atom. The van der Waals surface area contributed by atoms with Crippen LogP contribution in [0.15, 0.2) is 109 Å². The van der Waals surface area contributed by atoms with Crippen molar-refractivity contribution < 1.29 is 24.6 Å². The largest absolute Gasteiger partial charge is 0.480 e. The van der Waals surface area contributed by atoms with Gasteiger partial charge in [-0.15, -0.1) is 0 Å². The lowest BCUT2D eigenvalue weighted by molar-refractivity contribution is -0.205. The number of benzene rings is 2. The number of fused-ring (bicyclic) bond motifs is 2. The number of carbonyl (C=O) groups is 3. The molecule has 6 rings (SSSR count). The van der Waals surface area contributed by atoms with Gasteiger partial charge in [0, 0.05) is 38.6 Å². The van der Waals surface area contributed by atoms with Gasteiger partial charge >= 0.3 is 11.9 Å². The molecule has 2 bridgehead atoms. The maximum Gasteiger partial charge on any atom is 0.320 e. The zero-order valence-corrected chi connectivity index (χ0v) is 22.8. The number of rotatable bonds is 8. The summed E-state index contributed by atoms with van der Waals surface area (Å²) >= 11 is 0. The minimum absolute atomic E-state index is 0.174. The Morgan fingerprint density at radius 2 is 1.10 bits per heavy atom. The molecule has 0 aliphatic carbocycles.